The fourth-order valence-corrected chi connectivity index (χ4v) is 6.17. The number of nitrogens with one attached hydrogen (secondary N) is 1. The summed E-state index contributed by atoms with van der Waals surface area (Å²) in [6, 6.07) is 17.5. The van der Waals surface area contributed by atoms with Crippen LogP contribution in [-0.2, 0) is 11.2 Å². The number of amides is 1. The van der Waals surface area contributed by atoms with E-state index in [9.17, 15) is 4.79 Å². The monoisotopic (exact) mass is 444 g/mol. The minimum atomic E-state index is 0.0996. The van der Waals surface area contributed by atoms with Gasteiger partial charge in [-0.15, -0.1) is 11.3 Å². The number of anilines is 1. The zero-order valence-corrected chi connectivity index (χ0v) is 19.5. The van der Waals surface area contributed by atoms with Crippen LogP contribution in [0.15, 0.2) is 60.0 Å². The van der Waals surface area contributed by atoms with Crippen molar-refractivity contribution in [1.82, 2.24) is 4.90 Å². The summed E-state index contributed by atoms with van der Waals surface area (Å²) >= 11 is 1.81. The standard InChI is InChI=1S/C28H32N2OS/c31-28(11-6-9-21-7-2-1-3-8-21)29-23-13-15-27-25(19-23)26(20-32-27)22-12-14-24-10-4-5-17-30(24)18-16-22/h1-3,7-8,13,15-16,19-20,24H,4-6,9-12,14,17-18H2,(H,29,31). The van der Waals surface area contributed by atoms with Gasteiger partial charge in [0.05, 0.1) is 0 Å². The van der Waals surface area contributed by atoms with E-state index in [1.54, 1.807) is 0 Å². The molecular formula is C28H32N2OS. The Hall–Kier alpha value is -2.43. The SMILES string of the molecule is O=C(CCCc1ccccc1)Nc1ccc2scc(C3=CCN4CCCCC4CC3)c2c1. The van der Waals surface area contributed by atoms with Crippen LogP contribution in [0.4, 0.5) is 5.69 Å². The van der Waals surface area contributed by atoms with Crippen molar-refractivity contribution in [3.05, 3.63) is 71.1 Å². The Balaban J connectivity index is 1.25. The van der Waals surface area contributed by atoms with Crippen molar-refractivity contribution in [1.29, 1.82) is 0 Å². The highest BCUT2D eigenvalue weighted by Crippen LogP contribution is 2.37. The molecule has 1 atom stereocenters. The second-order valence-corrected chi connectivity index (χ2v) is 10.1. The molecule has 3 nitrogen and oxygen atoms in total. The molecule has 1 aromatic heterocycles. The van der Waals surface area contributed by atoms with Gasteiger partial charge in [0, 0.05) is 34.8 Å². The first-order chi connectivity index (χ1) is 15.8. The molecule has 1 N–H and O–H groups in total. The second kappa shape index (κ2) is 10.0. The first-order valence-corrected chi connectivity index (χ1v) is 12.9. The summed E-state index contributed by atoms with van der Waals surface area (Å²) in [6.07, 6.45) is 11.3. The van der Waals surface area contributed by atoms with Crippen LogP contribution in [0.1, 0.15) is 56.1 Å². The van der Waals surface area contributed by atoms with Gasteiger partial charge >= 0.3 is 0 Å². The minimum Gasteiger partial charge on any atom is -0.326 e. The lowest BCUT2D eigenvalue weighted by Crippen LogP contribution is -2.38. The van der Waals surface area contributed by atoms with Crippen LogP contribution >= 0.6 is 11.3 Å². The van der Waals surface area contributed by atoms with Gasteiger partial charge in [-0.05, 0) is 85.3 Å². The second-order valence-electron chi connectivity index (χ2n) is 9.16. The molecule has 0 aliphatic carbocycles. The van der Waals surface area contributed by atoms with Crippen LogP contribution in [0.3, 0.4) is 0 Å². The van der Waals surface area contributed by atoms with E-state index in [0.29, 0.717) is 6.42 Å². The molecule has 0 radical (unpaired) electrons. The van der Waals surface area contributed by atoms with E-state index < -0.39 is 0 Å². The van der Waals surface area contributed by atoms with E-state index in [0.717, 1.165) is 37.5 Å². The predicted octanol–water partition coefficient (Wildman–Crippen LogP) is 6.89. The molecule has 1 fully saturated rings. The lowest BCUT2D eigenvalue weighted by atomic mass is 9.95. The van der Waals surface area contributed by atoms with Crippen LogP contribution in [0.2, 0.25) is 0 Å². The smallest absolute Gasteiger partial charge is 0.224 e. The highest BCUT2D eigenvalue weighted by Gasteiger charge is 2.24. The van der Waals surface area contributed by atoms with E-state index in [-0.39, 0.29) is 5.91 Å². The minimum absolute atomic E-state index is 0.0996. The number of piperidine rings is 1. The molecule has 2 aliphatic rings. The van der Waals surface area contributed by atoms with Gasteiger partial charge in [0.2, 0.25) is 5.91 Å². The zero-order valence-electron chi connectivity index (χ0n) is 18.7. The number of allylic oxidation sites excluding steroid dienone is 1. The van der Waals surface area contributed by atoms with Gasteiger partial charge in [-0.25, -0.2) is 0 Å². The van der Waals surface area contributed by atoms with Crippen molar-refractivity contribution >= 4 is 38.6 Å². The summed E-state index contributed by atoms with van der Waals surface area (Å²) in [5, 5.41) is 6.72. The number of rotatable bonds is 6. The molecule has 1 amide bonds. The Morgan fingerprint density at radius 2 is 2.00 bits per heavy atom. The van der Waals surface area contributed by atoms with Crippen molar-refractivity contribution in [2.24, 2.45) is 0 Å². The number of fused-ring (bicyclic) bond motifs is 2. The Morgan fingerprint density at radius 3 is 2.91 bits per heavy atom. The summed E-state index contributed by atoms with van der Waals surface area (Å²) < 4.78 is 1.30. The van der Waals surface area contributed by atoms with Crippen molar-refractivity contribution in [2.75, 3.05) is 18.4 Å². The maximum absolute atomic E-state index is 12.5. The van der Waals surface area contributed by atoms with Crippen molar-refractivity contribution in [3.63, 3.8) is 0 Å². The van der Waals surface area contributed by atoms with Gasteiger partial charge in [-0.3, -0.25) is 9.69 Å². The Bertz CT molecular complexity index is 1100. The summed E-state index contributed by atoms with van der Waals surface area (Å²) in [4.78, 5) is 15.2. The molecule has 3 aromatic rings. The predicted molar refractivity (Wildman–Crippen MR) is 136 cm³/mol. The average Bonchev–Trinajstić information content (AvgIpc) is 3.11. The molecule has 2 aromatic carbocycles. The molecule has 32 heavy (non-hydrogen) atoms. The lowest BCUT2D eigenvalue weighted by Gasteiger charge is -2.33. The molecule has 0 bridgehead atoms. The van der Waals surface area contributed by atoms with Crippen LogP contribution in [0, 0.1) is 0 Å². The van der Waals surface area contributed by atoms with Crippen LogP contribution in [-0.4, -0.2) is 29.9 Å². The van der Waals surface area contributed by atoms with Crippen LogP contribution in [0.5, 0.6) is 0 Å². The first kappa shape index (κ1) is 21.4. The van der Waals surface area contributed by atoms with Crippen molar-refractivity contribution in [3.8, 4) is 0 Å². The maximum Gasteiger partial charge on any atom is 0.224 e. The molecule has 1 unspecified atom stereocenters. The fourth-order valence-electron chi connectivity index (χ4n) is 5.20. The van der Waals surface area contributed by atoms with E-state index in [2.05, 4.69) is 58.1 Å². The average molecular weight is 445 g/mol. The zero-order chi connectivity index (χ0) is 21.8. The highest BCUT2D eigenvalue weighted by atomic mass is 32.1. The molecule has 1 saturated heterocycles. The third-order valence-electron chi connectivity index (χ3n) is 6.98. The Kier molecular flexibility index (Phi) is 6.70. The number of hydrogen-bond donors (Lipinski definition) is 1. The molecule has 0 saturated carbocycles. The van der Waals surface area contributed by atoms with Gasteiger partial charge in [-0.2, -0.15) is 0 Å². The van der Waals surface area contributed by atoms with Gasteiger partial charge in [0.15, 0.2) is 0 Å². The first-order valence-electron chi connectivity index (χ1n) is 12.0. The maximum atomic E-state index is 12.5. The van der Waals surface area contributed by atoms with E-state index in [1.807, 2.05) is 23.5 Å². The quantitative estimate of drug-likeness (QED) is 0.449. The van der Waals surface area contributed by atoms with E-state index >= 15 is 0 Å². The summed E-state index contributed by atoms with van der Waals surface area (Å²) in [5.74, 6) is 0.0996. The van der Waals surface area contributed by atoms with Crippen LogP contribution in [0.25, 0.3) is 15.7 Å². The van der Waals surface area contributed by atoms with Crippen LogP contribution < -0.4 is 5.32 Å². The Morgan fingerprint density at radius 1 is 1.09 bits per heavy atom. The molecule has 166 valence electrons. The van der Waals surface area contributed by atoms with Gasteiger partial charge in [-0.1, -0.05) is 42.8 Å². The Labute approximate surface area is 195 Å². The highest BCUT2D eigenvalue weighted by molar-refractivity contribution is 7.17. The molecule has 5 rings (SSSR count). The van der Waals surface area contributed by atoms with Crippen molar-refractivity contribution in [2.45, 2.75) is 57.4 Å². The van der Waals surface area contributed by atoms with Gasteiger partial charge in [0.25, 0.3) is 0 Å². The summed E-state index contributed by atoms with van der Waals surface area (Å²) in [6.45, 7) is 2.33. The third kappa shape index (κ3) is 4.97. The molecular weight excluding hydrogens is 412 g/mol. The van der Waals surface area contributed by atoms with Crippen molar-refractivity contribution < 1.29 is 4.79 Å². The molecule has 3 heterocycles. The number of carbonyl (C=O) groups excluding carboxylic acids is 1. The molecule has 4 heteroatoms. The third-order valence-corrected chi connectivity index (χ3v) is 7.95. The van der Waals surface area contributed by atoms with Gasteiger partial charge < -0.3 is 5.32 Å². The molecule has 2 aliphatic heterocycles. The number of thiophene rings is 1. The number of nitrogens with zero attached hydrogens (tertiary/aromatic N) is 1. The number of aryl methyl sites for hydroxylation is 1. The molecule has 0 spiro atoms. The van der Waals surface area contributed by atoms with E-state index in [1.165, 1.54) is 59.0 Å². The number of carbonyl (C=O) groups is 1. The lowest BCUT2D eigenvalue weighted by molar-refractivity contribution is -0.116. The normalized spacial score (nSPS) is 19.2. The summed E-state index contributed by atoms with van der Waals surface area (Å²) in [7, 11) is 0. The van der Waals surface area contributed by atoms with E-state index in [4.69, 9.17) is 0 Å². The fraction of sp³-hybridized carbons (Fsp3) is 0.393. The topological polar surface area (TPSA) is 32.3 Å². The largest absolute Gasteiger partial charge is 0.326 e. The number of hydrogen-bond acceptors (Lipinski definition) is 3. The van der Waals surface area contributed by atoms with Gasteiger partial charge in [0.1, 0.15) is 0 Å². The summed E-state index contributed by atoms with van der Waals surface area (Å²) in [5.41, 5.74) is 5.05. The number of benzene rings is 2.